The van der Waals surface area contributed by atoms with Crippen LogP contribution in [-0.4, -0.2) is 36.1 Å². The lowest BCUT2D eigenvalue weighted by Gasteiger charge is -2.19. The van der Waals surface area contributed by atoms with Gasteiger partial charge in [-0.1, -0.05) is 36.4 Å². The molecule has 2 amide bonds. The number of cyclic esters (lactones) is 1. The van der Waals surface area contributed by atoms with E-state index in [2.05, 4.69) is 5.32 Å². The number of hydrogen-bond acceptors (Lipinski definition) is 4. The summed E-state index contributed by atoms with van der Waals surface area (Å²) in [5.74, 6) is -0.240. The van der Waals surface area contributed by atoms with E-state index in [4.69, 9.17) is 9.47 Å². The van der Waals surface area contributed by atoms with Crippen molar-refractivity contribution < 1.29 is 23.5 Å². The van der Waals surface area contributed by atoms with E-state index >= 15 is 0 Å². The molecule has 2 aliphatic rings. The third kappa shape index (κ3) is 4.33. The van der Waals surface area contributed by atoms with Crippen LogP contribution in [0.5, 0.6) is 11.5 Å². The zero-order chi connectivity index (χ0) is 23.7. The van der Waals surface area contributed by atoms with Crippen molar-refractivity contribution >= 4 is 17.7 Å². The number of anilines is 1. The minimum Gasteiger partial charge on any atom is -0.454 e. The van der Waals surface area contributed by atoms with Gasteiger partial charge in [-0.25, -0.2) is 9.18 Å². The van der Waals surface area contributed by atoms with Crippen LogP contribution < -0.4 is 10.1 Å². The number of rotatable bonds is 7. The van der Waals surface area contributed by atoms with Crippen molar-refractivity contribution in [2.24, 2.45) is 0 Å². The van der Waals surface area contributed by atoms with E-state index in [0.717, 1.165) is 22.4 Å². The van der Waals surface area contributed by atoms with Gasteiger partial charge in [-0.3, -0.25) is 4.79 Å². The number of benzene rings is 3. The van der Waals surface area contributed by atoms with Crippen LogP contribution in [0.1, 0.15) is 29.5 Å². The zero-order valence-corrected chi connectivity index (χ0v) is 18.8. The second kappa shape index (κ2) is 9.17. The Morgan fingerprint density at radius 3 is 2.56 bits per heavy atom. The molecule has 1 N–H and O–H groups in total. The van der Waals surface area contributed by atoms with Crippen molar-refractivity contribution in [3.63, 3.8) is 0 Å². The lowest BCUT2D eigenvalue weighted by Crippen LogP contribution is -2.34. The highest BCUT2D eigenvalue weighted by Gasteiger charge is 2.32. The van der Waals surface area contributed by atoms with Gasteiger partial charge in [0.15, 0.2) is 11.6 Å². The lowest BCUT2D eigenvalue weighted by atomic mass is 9.93. The Balaban J connectivity index is 1.23. The van der Waals surface area contributed by atoms with Crippen LogP contribution in [0, 0.1) is 5.82 Å². The molecule has 0 aliphatic carbocycles. The van der Waals surface area contributed by atoms with Gasteiger partial charge in [0.1, 0.15) is 12.4 Å². The number of halogens is 1. The Morgan fingerprint density at radius 1 is 1.03 bits per heavy atom. The van der Waals surface area contributed by atoms with Crippen molar-refractivity contribution in [1.82, 2.24) is 4.90 Å². The molecular weight excluding hydrogens is 435 g/mol. The fourth-order valence-electron chi connectivity index (χ4n) is 4.61. The standard InChI is InChI=1S/C27H25FN2O4/c1-2-30-19(16-33-27(30)32)13-17-7-10-20(11-8-17)34-25-12-9-18(15-23(25)28)14-22-21-5-3-4-6-24(21)29-26(22)31/h3-12,15,19,22H,2,13-14,16H2,1H3,(H,29,31). The molecule has 3 aromatic rings. The average Bonchev–Trinajstić information content (AvgIpc) is 3.35. The first-order chi connectivity index (χ1) is 16.5. The summed E-state index contributed by atoms with van der Waals surface area (Å²) in [5, 5.41) is 2.88. The van der Waals surface area contributed by atoms with Crippen LogP contribution >= 0.6 is 0 Å². The molecule has 1 saturated heterocycles. The molecule has 2 unspecified atom stereocenters. The first-order valence-corrected chi connectivity index (χ1v) is 11.4. The fraction of sp³-hybridized carbons (Fsp3) is 0.259. The van der Waals surface area contributed by atoms with Crippen LogP contribution in [0.2, 0.25) is 0 Å². The molecular formula is C27H25FN2O4. The van der Waals surface area contributed by atoms with Gasteiger partial charge in [0, 0.05) is 12.2 Å². The number of nitrogens with one attached hydrogen (secondary N) is 1. The number of likely N-dealkylation sites (N-methyl/N-ethyl adjacent to an activating group) is 1. The highest BCUT2D eigenvalue weighted by atomic mass is 19.1. The maximum atomic E-state index is 14.8. The summed E-state index contributed by atoms with van der Waals surface area (Å²) in [6.45, 7) is 2.92. The highest BCUT2D eigenvalue weighted by Crippen LogP contribution is 2.35. The summed E-state index contributed by atoms with van der Waals surface area (Å²) < 4.78 is 25.7. The maximum absolute atomic E-state index is 14.8. The second-order valence-electron chi connectivity index (χ2n) is 8.56. The molecule has 7 heteroatoms. The molecule has 0 radical (unpaired) electrons. The van der Waals surface area contributed by atoms with Crippen LogP contribution in [0.25, 0.3) is 0 Å². The third-order valence-electron chi connectivity index (χ3n) is 6.38. The molecule has 0 saturated carbocycles. The van der Waals surface area contributed by atoms with E-state index in [9.17, 15) is 14.0 Å². The van der Waals surface area contributed by atoms with Crippen molar-refractivity contribution in [1.29, 1.82) is 0 Å². The molecule has 6 nitrogen and oxygen atoms in total. The van der Waals surface area contributed by atoms with Crippen LogP contribution in [0.3, 0.4) is 0 Å². The molecule has 1 fully saturated rings. The molecule has 5 rings (SSSR count). The number of nitrogens with zero attached hydrogens (tertiary/aromatic N) is 1. The predicted octanol–water partition coefficient (Wildman–Crippen LogP) is 5.28. The topological polar surface area (TPSA) is 67.9 Å². The SMILES string of the molecule is CCN1C(=O)OCC1Cc1ccc(Oc2ccc(CC3C(=O)Nc4ccccc43)cc2F)cc1. The van der Waals surface area contributed by atoms with Gasteiger partial charge in [0.25, 0.3) is 0 Å². The van der Waals surface area contributed by atoms with Gasteiger partial charge in [-0.15, -0.1) is 0 Å². The summed E-state index contributed by atoms with van der Waals surface area (Å²) in [6.07, 6.45) is 0.821. The summed E-state index contributed by atoms with van der Waals surface area (Å²) in [5.41, 5.74) is 3.52. The number of carbonyl (C=O) groups excluding carboxylic acids is 2. The molecule has 2 atom stereocenters. The van der Waals surface area contributed by atoms with Gasteiger partial charge in [-0.05, 0) is 66.8 Å². The van der Waals surface area contributed by atoms with E-state index in [-0.39, 0.29) is 29.7 Å². The average molecular weight is 461 g/mol. The maximum Gasteiger partial charge on any atom is 0.410 e. The van der Waals surface area contributed by atoms with Gasteiger partial charge >= 0.3 is 6.09 Å². The molecule has 2 aliphatic heterocycles. The Labute approximate surface area is 197 Å². The van der Waals surface area contributed by atoms with E-state index in [0.29, 0.717) is 31.7 Å². The van der Waals surface area contributed by atoms with Crippen molar-refractivity contribution in [3.05, 3.63) is 89.2 Å². The number of hydrogen-bond donors (Lipinski definition) is 1. The van der Waals surface area contributed by atoms with E-state index in [1.165, 1.54) is 6.07 Å². The largest absolute Gasteiger partial charge is 0.454 e. The number of ether oxygens (including phenoxy) is 2. The van der Waals surface area contributed by atoms with Gasteiger partial charge in [-0.2, -0.15) is 0 Å². The minimum atomic E-state index is -0.478. The van der Waals surface area contributed by atoms with Crippen molar-refractivity contribution in [3.8, 4) is 11.5 Å². The Kier molecular flexibility index (Phi) is 5.92. The summed E-state index contributed by atoms with van der Waals surface area (Å²) in [6, 6.07) is 19.8. The molecule has 0 spiro atoms. The van der Waals surface area contributed by atoms with Crippen molar-refractivity contribution in [2.45, 2.75) is 31.7 Å². The monoisotopic (exact) mass is 460 g/mol. The fourth-order valence-corrected chi connectivity index (χ4v) is 4.61. The van der Waals surface area contributed by atoms with Gasteiger partial charge in [0.2, 0.25) is 5.91 Å². The number of fused-ring (bicyclic) bond motifs is 1. The normalized spacial score (nSPS) is 19.1. The van der Waals surface area contributed by atoms with Crippen LogP contribution in [0.4, 0.5) is 14.9 Å². The quantitative estimate of drug-likeness (QED) is 0.521. The molecule has 0 bridgehead atoms. The summed E-state index contributed by atoms with van der Waals surface area (Å²) in [4.78, 5) is 25.8. The number of para-hydroxylation sites is 1. The Bertz CT molecular complexity index is 1230. The van der Waals surface area contributed by atoms with Crippen LogP contribution in [-0.2, 0) is 22.4 Å². The Morgan fingerprint density at radius 2 is 1.79 bits per heavy atom. The molecule has 0 aromatic heterocycles. The summed E-state index contributed by atoms with van der Waals surface area (Å²) in [7, 11) is 0. The van der Waals surface area contributed by atoms with Crippen molar-refractivity contribution in [2.75, 3.05) is 18.5 Å². The highest BCUT2D eigenvalue weighted by molar-refractivity contribution is 6.03. The lowest BCUT2D eigenvalue weighted by molar-refractivity contribution is -0.117. The Hall–Kier alpha value is -3.87. The van der Waals surface area contributed by atoms with Crippen LogP contribution in [0.15, 0.2) is 66.7 Å². The molecule has 34 heavy (non-hydrogen) atoms. The van der Waals surface area contributed by atoms with E-state index in [1.807, 2.05) is 43.3 Å². The predicted molar refractivity (Wildman–Crippen MR) is 126 cm³/mol. The molecule has 3 aromatic carbocycles. The van der Waals surface area contributed by atoms with E-state index in [1.54, 1.807) is 29.2 Å². The summed E-state index contributed by atoms with van der Waals surface area (Å²) >= 11 is 0. The number of amides is 2. The third-order valence-corrected chi connectivity index (χ3v) is 6.38. The first kappa shape index (κ1) is 21.9. The zero-order valence-electron chi connectivity index (χ0n) is 18.8. The van der Waals surface area contributed by atoms with E-state index < -0.39 is 5.82 Å². The van der Waals surface area contributed by atoms with Gasteiger partial charge in [0.05, 0.1) is 12.0 Å². The molecule has 174 valence electrons. The molecule has 2 heterocycles. The number of carbonyl (C=O) groups is 2. The second-order valence-corrected chi connectivity index (χ2v) is 8.56. The first-order valence-electron chi connectivity index (χ1n) is 11.4. The van der Waals surface area contributed by atoms with Gasteiger partial charge < -0.3 is 19.7 Å². The smallest absolute Gasteiger partial charge is 0.410 e. The minimum absolute atomic E-state index is 0.0168.